The van der Waals surface area contributed by atoms with E-state index in [1.165, 1.54) is 5.56 Å². The molecule has 0 spiro atoms. The van der Waals surface area contributed by atoms with Crippen molar-refractivity contribution in [2.45, 2.75) is 19.3 Å². The number of pyridine rings is 1. The van der Waals surface area contributed by atoms with Crippen LogP contribution in [0.25, 0.3) is 0 Å². The summed E-state index contributed by atoms with van der Waals surface area (Å²) in [5, 5.41) is 0. The first kappa shape index (κ1) is 18.7. The SMILES string of the molecule is O=C(C1CCOC1)N1CCc2ccc(OCCN3CCOCC3)nc2CC1. The Balaban J connectivity index is 1.30. The van der Waals surface area contributed by atoms with E-state index in [4.69, 9.17) is 19.2 Å². The van der Waals surface area contributed by atoms with Crippen LogP contribution in [-0.2, 0) is 27.1 Å². The summed E-state index contributed by atoms with van der Waals surface area (Å²) >= 11 is 0. The number of carbonyl (C=O) groups is 1. The molecule has 2 fully saturated rings. The molecule has 7 heteroatoms. The van der Waals surface area contributed by atoms with Crippen molar-refractivity contribution in [2.75, 3.05) is 65.8 Å². The molecule has 0 saturated carbocycles. The van der Waals surface area contributed by atoms with Crippen LogP contribution in [0, 0.1) is 5.92 Å². The van der Waals surface area contributed by atoms with Crippen LogP contribution in [0.4, 0.5) is 0 Å². The summed E-state index contributed by atoms with van der Waals surface area (Å²) in [6.45, 7) is 7.85. The van der Waals surface area contributed by atoms with Gasteiger partial charge in [0.25, 0.3) is 0 Å². The molecule has 3 aliphatic rings. The van der Waals surface area contributed by atoms with E-state index < -0.39 is 0 Å². The minimum Gasteiger partial charge on any atom is -0.476 e. The molecule has 1 amide bonds. The predicted octanol–water partition coefficient (Wildman–Crippen LogP) is 0.756. The van der Waals surface area contributed by atoms with E-state index in [1.807, 2.05) is 11.0 Å². The van der Waals surface area contributed by atoms with E-state index in [2.05, 4.69) is 11.0 Å². The average Bonchev–Trinajstić information content (AvgIpc) is 3.16. The third-order valence-corrected chi connectivity index (χ3v) is 5.66. The number of nitrogens with zero attached hydrogens (tertiary/aromatic N) is 3. The van der Waals surface area contributed by atoms with Crippen LogP contribution in [0.2, 0.25) is 0 Å². The molecule has 0 radical (unpaired) electrons. The number of fused-ring (bicyclic) bond motifs is 1. The Hall–Kier alpha value is -1.70. The fourth-order valence-electron chi connectivity index (χ4n) is 3.95. The average molecular weight is 375 g/mol. The first-order chi connectivity index (χ1) is 13.3. The Morgan fingerprint density at radius 2 is 1.96 bits per heavy atom. The molecule has 4 rings (SSSR count). The fourth-order valence-corrected chi connectivity index (χ4v) is 3.95. The molecule has 27 heavy (non-hydrogen) atoms. The molecule has 1 atom stereocenters. The van der Waals surface area contributed by atoms with Crippen molar-refractivity contribution >= 4 is 5.91 Å². The highest BCUT2D eigenvalue weighted by molar-refractivity contribution is 5.79. The topological polar surface area (TPSA) is 64.1 Å². The number of amides is 1. The second kappa shape index (κ2) is 8.99. The zero-order valence-electron chi connectivity index (χ0n) is 15.9. The van der Waals surface area contributed by atoms with E-state index in [9.17, 15) is 4.79 Å². The summed E-state index contributed by atoms with van der Waals surface area (Å²) in [5.41, 5.74) is 2.30. The van der Waals surface area contributed by atoms with Crippen LogP contribution < -0.4 is 4.74 Å². The quantitative estimate of drug-likeness (QED) is 0.757. The second-order valence-electron chi connectivity index (χ2n) is 7.44. The van der Waals surface area contributed by atoms with E-state index in [0.29, 0.717) is 25.7 Å². The van der Waals surface area contributed by atoms with Gasteiger partial charge in [0, 0.05) is 57.5 Å². The molecule has 0 aliphatic carbocycles. The number of hydrogen-bond donors (Lipinski definition) is 0. The van der Waals surface area contributed by atoms with Gasteiger partial charge in [0.2, 0.25) is 11.8 Å². The summed E-state index contributed by atoms with van der Waals surface area (Å²) < 4.78 is 16.6. The normalized spacial score (nSPS) is 23.7. The number of morpholine rings is 1. The van der Waals surface area contributed by atoms with Gasteiger partial charge in [-0.05, 0) is 18.4 Å². The maximum Gasteiger partial charge on any atom is 0.228 e. The van der Waals surface area contributed by atoms with Crippen molar-refractivity contribution in [3.05, 3.63) is 23.4 Å². The lowest BCUT2D eigenvalue weighted by molar-refractivity contribution is -0.135. The molecule has 1 unspecified atom stereocenters. The molecule has 1 aromatic rings. The monoisotopic (exact) mass is 375 g/mol. The summed E-state index contributed by atoms with van der Waals surface area (Å²) in [7, 11) is 0. The van der Waals surface area contributed by atoms with Gasteiger partial charge in [0.15, 0.2) is 0 Å². The lowest BCUT2D eigenvalue weighted by atomic mass is 10.1. The lowest BCUT2D eigenvalue weighted by Gasteiger charge is -2.26. The second-order valence-corrected chi connectivity index (χ2v) is 7.44. The maximum absolute atomic E-state index is 12.7. The first-order valence-electron chi connectivity index (χ1n) is 10.1. The largest absolute Gasteiger partial charge is 0.476 e. The molecular formula is C20H29N3O4. The maximum atomic E-state index is 12.7. The van der Waals surface area contributed by atoms with Crippen LogP contribution in [0.15, 0.2) is 12.1 Å². The van der Waals surface area contributed by atoms with Crippen LogP contribution in [-0.4, -0.2) is 86.4 Å². The van der Waals surface area contributed by atoms with Gasteiger partial charge in [-0.25, -0.2) is 4.98 Å². The first-order valence-corrected chi connectivity index (χ1v) is 10.1. The highest BCUT2D eigenvalue weighted by atomic mass is 16.5. The van der Waals surface area contributed by atoms with Crippen LogP contribution in [0.3, 0.4) is 0 Å². The Bertz CT molecular complexity index is 642. The Kier molecular flexibility index (Phi) is 6.21. The molecule has 0 aromatic carbocycles. The van der Waals surface area contributed by atoms with Crippen molar-refractivity contribution in [2.24, 2.45) is 5.92 Å². The van der Waals surface area contributed by atoms with Crippen molar-refractivity contribution in [1.29, 1.82) is 0 Å². The van der Waals surface area contributed by atoms with Gasteiger partial charge in [-0.15, -0.1) is 0 Å². The van der Waals surface area contributed by atoms with Gasteiger partial charge < -0.3 is 19.1 Å². The molecular weight excluding hydrogens is 346 g/mol. The number of aromatic nitrogens is 1. The lowest BCUT2D eigenvalue weighted by Crippen LogP contribution is -2.38. The Morgan fingerprint density at radius 3 is 2.78 bits per heavy atom. The predicted molar refractivity (Wildman–Crippen MR) is 99.9 cm³/mol. The zero-order valence-corrected chi connectivity index (χ0v) is 15.9. The Labute approximate surface area is 160 Å². The molecule has 148 valence electrons. The fraction of sp³-hybridized carbons (Fsp3) is 0.700. The molecule has 0 bridgehead atoms. The van der Waals surface area contributed by atoms with Gasteiger partial charge in [0.05, 0.1) is 25.7 Å². The van der Waals surface area contributed by atoms with Crippen molar-refractivity contribution in [3.8, 4) is 5.88 Å². The van der Waals surface area contributed by atoms with Crippen LogP contribution in [0.1, 0.15) is 17.7 Å². The summed E-state index contributed by atoms with van der Waals surface area (Å²) in [6.07, 6.45) is 2.49. The van der Waals surface area contributed by atoms with E-state index in [-0.39, 0.29) is 11.8 Å². The standard InChI is InChI=1S/C20H29N3O4/c24-20(17-5-11-26-15-17)23-6-3-16-1-2-19(21-18(16)4-7-23)27-14-10-22-8-12-25-13-9-22/h1-2,17H,3-15H2. The molecule has 0 N–H and O–H groups in total. The molecule has 3 aliphatic heterocycles. The van der Waals surface area contributed by atoms with Crippen molar-refractivity contribution < 1.29 is 19.0 Å². The third-order valence-electron chi connectivity index (χ3n) is 5.66. The molecule has 4 heterocycles. The van der Waals surface area contributed by atoms with E-state index >= 15 is 0 Å². The number of carbonyl (C=O) groups excluding carboxylic acids is 1. The minimum absolute atomic E-state index is 0.0400. The van der Waals surface area contributed by atoms with Crippen LogP contribution >= 0.6 is 0 Å². The smallest absolute Gasteiger partial charge is 0.228 e. The highest BCUT2D eigenvalue weighted by Crippen LogP contribution is 2.21. The zero-order chi connectivity index (χ0) is 18.5. The van der Waals surface area contributed by atoms with Gasteiger partial charge in [0.1, 0.15) is 6.61 Å². The Morgan fingerprint density at radius 1 is 1.11 bits per heavy atom. The van der Waals surface area contributed by atoms with E-state index in [0.717, 1.165) is 70.9 Å². The van der Waals surface area contributed by atoms with Crippen molar-refractivity contribution in [1.82, 2.24) is 14.8 Å². The van der Waals surface area contributed by atoms with Gasteiger partial charge in [-0.1, -0.05) is 6.07 Å². The number of rotatable bonds is 5. The van der Waals surface area contributed by atoms with E-state index in [1.54, 1.807) is 0 Å². The summed E-state index contributed by atoms with van der Waals surface area (Å²) in [4.78, 5) is 21.7. The van der Waals surface area contributed by atoms with Crippen LogP contribution in [0.5, 0.6) is 5.88 Å². The molecule has 1 aromatic heterocycles. The van der Waals surface area contributed by atoms with Crippen molar-refractivity contribution in [3.63, 3.8) is 0 Å². The van der Waals surface area contributed by atoms with Gasteiger partial charge in [-0.2, -0.15) is 0 Å². The van der Waals surface area contributed by atoms with Gasteiger partial charge in [-0.3, -0.25) is 9.69 Å². The molecule has 2 saturated heterocycles. The number of hydrogen-bond acceptors (Lipinski definition) is 6. The number of ether oxygens (including phenoxy) is 3. The summed E-state index contributed by atoms with van der Waals surface area (Å²) in [6, 6.07) is 4.07. The third kappa shape index (κ3) is 4.78. The highest BCUT2D eigenvalue weighted by Gasteiger charge is 2.29. The minimum atomic E-state index is 0.0400. The summed E-state index contributed by atoms with van der Waals surface area (Å²) in [5.74, 6) is 0.964. The molecule has 7 nitrogen and oxygen atoms in total. The van der Waals surface area contributed by atoms with Gasteiger partial charge >= 0.3 is 0 Å².